The molecule has 1 atom stereocenters. The first-order valence-electron chi connectivity index (χ1n) is 8.57. The van der Waals surface area contributed by atoms with E-state index in [0.717, 1.165) is 37.5 Å². The average Bonchev–Trinajstić information content (AvgIpc) is 3.30. The molecule has 4 heterocycles. The molecule has 3 saturated heterocycles. The number of ether oxygens (including phenoxy) is 1. The Bertz CT molecular complexity index is 643. The molecular formula is C16H22N4O3S. The molecule has 1 N–H and O–H groups in total. The van der Waals surface area contributed by atoms with Gasteiger partial charge in [-0.05, 0) is 38.8 Å². The number of amides is 2. The zero-order chi connectivity index (χ0) is 16.6. The van der Waals surface area contributed by atoms with E-state index in [1.54, 1.807) is 11.1 Å². The molecule has 130 valence electrons. The number of thiazole rings is 1. The molecule has 3 fully saturated rings. The van der Waals surface area contributed by atoms with Crippen LogP contribution in [0.3, 0.4) is 0 Å². The van der Waals surface area contributed by atoms with Gasteiger partial charge in [-0.1, -0.05) is 0 Å². The summed E-state index contributed by atoms with van der Waals surface area (Å²) in [5.74, 6) is 0.00203. The molecule has 3 aliphatic heterocycles. The van der Waals surface area contributed by atoms with Gasteiger partial charge in [0.1, 0.15) is 15.5 Å². The predicted octanol–water partition coefficient (Wildman–Crippen LogP) is 1.45. The third kappa shape index (κ3) is 3.12. The minimum atomic E-state index is -0.548. The van der Waals surface area contributed by atoms with Gasteiger partial charge in [0.05, 0.1) is 25.8 Å². The number of piperidine rings is 1. The van der Waals surface area contributed by atoms with Crippen molar-refractivity contribution in [3.05, 3.63) is 16.1 Å². The Balaban J connectivity index is 1.41. The number of carbonyl (C=O) groups excluding carboxylic acids is 2. The number of alkyl carbamates (subject to hydrolysis) is 1. The van der Waals surface area contributed by atoms with Crippen molar-refractivity contribution in [2.75, 3.05) is 32.7 Å². The molecule has 0 bridgehead atoms. The first kappa shape index (κ1) is 15.8. The molecule has 4 rings (SSSR count). The van der Waals surface area contributed by atoms with Crippen LogP contribution in [0.5, 0.6) is 0 Å². The molecule has 8 heteroatoms. The summed E-state index contributed by atoms with van der Waals surface area (Å²) in [6.45, 7) is 4.73. The standard InChI is InChI=1S/C16H22N4O3S/c21-14(12-8-17-13(24-12)9-19-5-1-2-6-19)20-7-3-4-16(11-20)10-18-15(22)23-16/h8H,1-7,9-11H2,(H,18,22)/t16-/m0/s1. The van der Waals surface area contributed by atoms with Crippen molar-refractivity contribution in [3.63, 3.8) is 0 Å². The first-order chi connectivity index (χ1) is 11.6. The van der Waals surface area contributed by atoms with Gasteiger partial charge >= 0.3 is 6.09 Å². The van der Waals surface area contributed by atoms with Crippen molar-refractivity contribution < 1.29 is 14.3 Å². The summed E-state index contributed by atoms with van der Waals surface area (Å²) in [5.41, 5.74) is -0.548. The van der Waals surface area contributed by atoms with Gasteiger partial charge in [-0.2, -0.15) is 0 Å². The Morgan fingerprint density at radius 1 is 1.33 bits per heavy atom. The Hall–Kier alpha value is -1.67. The van der Waals surface area contributed by atoms with Crippen LogP contribution >= 0.6 is 11.3 Å². The zero-order valence-electron chi connectivity index (χ0n) is 13.6. The fraction of sp³-hybridized carbons (Fsp3) is 0.688. The third-order valence-corrected chi connectivity index (χ3v) is 5.98. The normalized spacial score (nSPS) is 27.5. The molecule has 1 aromatic rings. The highest BCUT2D eigenvalue weighted by atomic mass is 32.1. The van der Waals surface area contributed by atoms with Gasteiger partial charge in [-0.25, -0.2) is 9.78 Å². The van der Waals surface area contributed by atoms with Crippen LogP contribution in [0.1, 0.15) is 40.4 Å². The fourth-order valence-corrected chi connectivity index (χ4v) is 4.70. The Labute approximate surface area is 145 Å². The lowest BCUT2D eigenvalue weighted by Crippen LogP contribution is -2.52. The van der Waals surface area contributed by atoms with E-state index in [4.69, 9.17) is 4.74 Å². The topological polar surface area (TPSA) is 74.8 Å². The maximum absolute atomic E-state index is 12.8. The van der Waals surface area contributed by atoms with Gasteiger partial charge < -0.3 is 15.0 Å². The summed E-state index contributed by atoms with van der Waals surface area (Å²) in [4.78, 5) is 33.5. The highest BCUT2D eigenvalue weighted by Gasteiger charge is 2.45. The van der Waals surface area contributed by atoms with Crippen LogP contribution in [0.2, 0.25) is 0 Å². The summed E-state index contributed by atoms with van der Waals surface area (Å²) in [5, 5.41) is 3.71. The van der Waals surface area contributed by atoms with Crippen molar-refractivity contribution in [2.45, 2.75) is 37.8 Å². The average molecular weight is 350 g/mol. The smallest absolute Gasteiger partial charge is 0.407 e. The summed E-state index contributed by atoms with van der Waals surface area (Å²) in [7, 11) is 0. The molecule has 3 aliphatic rings. The molecule has 24 heavy (non-hydrogen) atoms. The monoisotopic (exact) mass is 350 g/mol. The lowest BCUT2D eigenvalue weighted by molar-refractivity contribution is -0.00488. The number of carbonyl (C=O) groups is 2. The van der Waals surface area contributed by atoms with Crippen molar-refractivity contribution >= 4 is 23.3 Å². The van der Waals surface area contributed by atoms with E-state index in [9.17, 15) is 9.59 Å². The number of likely N-dealkylation sites (tertiary alicyclic amines) is 2. The zero-order valence-corrected chi connectivity index (χ0v) is 14.4. The highest BCUT2D eigenvalue weighted by Crippen LogP contribution is 2.29. The van der Waals surface area contributed by atoms with Gasteiger partial charge in [-0.3, -0.25) is 9.69 Å². The van der Waals surface area contributed by atoms with Gasteiger partial charge in [0.2, 0.25) is 0 Å². The van der Waals surface area contributed by atoms with E-state index in [-0.39, 0.29) is 12.0 Å². The minimum Gasteiger partial charge on any atom is -0.439 e. The number of nitrogens with zero attached hydrogens (tertiary/aromatic N) is 3. The summed E-state index contributed by atoms with van der Waals surface area (Å²) >= 11 is 1.49. The van der Waals surface area contributed by atoms with Crippen LogP contribution in [0.15, 0.2) is 6.20 Å². The summed E-state index contributed by atoms with van der Waals surface area (Å²) in [6, 6.07) is 0. The molecule has 2 amide bonds. The van der Waals surface area contributed by atoms with E-state index in [0.29, 0.717) is 24.5 Å². The number of aromatic nitrogens is 1. The van der Waals surface area contributed by atoms with Crippen LogP contribution in [0.25, 0.3) is 0 Å². The number of hydrogen-bond donors (Lipinski definition) is 1. The van der Waals surface area contributed by atoms with Crippen LogP contribution in [-0.4, -0.2) is 65.1 Å². The van der Waals surface area contributed by atoms with Gasteiger partial charge in [0.15, 0.2) is 0 Å². The van der Waals surface area contributed by atoms with Crippen molar-refractivity contribution in [2.24, 2.45) is 0 Å². The molecule has 0 aromatic carbocycles. The van der Waals surface area contributed by atoms with Gasteiger partial charge in [0.25, 0.3) is 5.91 Å². The number of hydrogen-bond acceptors (Lipinski definition) is 6. The Morgan fingerprint density at radius 2 is 2.17 bits per heavy atom. The van der Waals surface area contributed by atoms with Crippen LogP contribution < -0.4 is 5.32 Å². The SMILES string of the molecule is O=C1NC[C@]2(CCCN(C(=O)c3cnc(CN4CCCC4)s3)C2)O1. The number of rotatable bonds is 3. The molecule has 0 aliphatic carbocycles. The first-order valence-corrected chi connectivity index (χ1v) is 9.38. The Kier molecular flexibility index (Phi) is 4.17. The lowest BCUT2D eigenvalue weighted by Gasteiger charge is -2.37. The second-order valence-corrected chi connectivity index (χ2v) is 7.97. The molecule has 0 unspecified atom stereocenters. The lowest BCUT2D eigenvalue weighted by atomic mass is 9.93. The highest BCUT2D eigenvalue weighted by molar-refractivity contribution is 7.13. The molecule has 1 spiro atoms. The summed E-state index contributed by atoms with van der Waals surface area (Å²) < 4.78 is 5.44. The van der Waals surface area contributed by atoms with Gasteiger partial charge in [-0.15, -0.1) is 11.3 Å². The summed E-state index contributed by atoms with van der Waals surface area (Å²) in [6.07, 6.45) is 5.46. The van der Waals surface area contributed by atoms with Crippen molar-refractivity contribution in [1.82, 2.24) is 20.1 Å². The second kappa shape index (κ2) is 6.33. The van der Waals surface area contributed by atoms with E-state index in [2.05, 4.69) is 15.2 Å². The maximum atomic E-state index is 12.8. The van der Waals surface area contributed by atoms with Gasteiger partial charge in [0, 0.05) is 6.54 Å². The maximum Gasteiger partial charge on any atom is 0.407 e. The molecular weight excluding hydrogens is 328 g/mol. The molecule has 7 nitrogen and oxygen atoms in total. The second-order valence-electron chi connectivity index (χ2n) is 6.86. The third-order valence-electron chi connectivity index (χ3n) is 5.01. The van der Waals surface area contributed by atoms with E-state index in [1.807, 2.05) is 0 Å². The van der Waals surface area contributed by atoms with Crippen LogP contribution in [0.4, 0.5) is 4.79 Å². The fourth-order valence-electron chi connectivity index (χ4n) is 3.77. The van der Waals surface area contributed by atoms with Crippen LogP contribution in [0, 0.1) is 0 Å². The van der Waals surface area contributed by atoms with Crippen molar-refractivity contribution in [1.29, 1.82) is 0 Å². The largest absolute Gasteiger partial charge is 0.439 e. The Morgan fingerprint density at radius 3 is 2.92 bits per heavy atom. The van der Waals surface area contributed by atoms with E-state index in [1.165, 1.54) is 24.2 Å². The van der Waals surface area contributed by atoms with Crippen LogP contribution in [-0.2, 0) is 11.3 Å². The molecule has 0 radical (unpaired) electrons. The van der Waals surface area contributed by atoms with Crippen molar-refractivity contribution in [3.8, 4) is 0 Å². The number of nitrogens with one attached hydrogen (secondary N) is 1. The van der Waals surface area contributed by atoms with E-state index < -0.39 is 5.60 Å². The molecule has 0 saturated carbocycles. The minimum absolute atomic E-state index is 0.00203. The van der Waals surface area contributed by atoms with E-state index >= 15 is 0 Å². The molecule has 1 aromatic heterocycles. The predicted molar refractivity (Wildman–Crippen MR) is 89.0 cm³/mol. The quantitative estimate of drug-likeness (QED) is 0.893.